The Hall–Kier alpha value is -2.22. The van der Waals surface area contributed by atoms with Crippen LogP contribution in [0.5, 0.6) is 0 Å². The van der Waals surface area contributed by atoms with Gasteiger partial charge < -0.3 is 9.47 Å². The summed E-state index contributed by atoms with van der Waals surface area (Å²) in [4.78, 5) is 29.6. The Balaban J connectivity index is 1.76. The third-order valence-corrected chi connectivity index (χ3v) is 4.37. The zero-order valence-corrected chi connectivity index (χ0v) is 13.7. The Morgan fingerprint density at radius 2 is 2.13 bits per heavy atom. The summed E-state index contributed by atoms with van der Waals surface area (Å²) in [5.74, 6) is -0.804. The first kappa shape index (κ1) is 15.7. The number of imide groups is 1. The van der Waals surface area contributed by atoms with Gasteiger partial charge in [0.25, 0.3) is 5.91 Å². The van der Waals surface area contributed by atoms with E-state index in [-0.39, 0.29) is 0 Å². The molecular weight excluding hydrogens is 367 g/mol. The first-order valence-corrected chi connectivity index (χ1v) is 7.87. The maximum absolute atomic E-state index is 13.2. The van der Waals surface area contributed by atoms with Crippen LogP contribution in [0.3, 0.4) is 0 Å². The lowest BCUT2D eigenvalue weighted by Gasteiger charge is -2.23. The van der Waals surface area contributed by atoms with Crippen molar-refractivity contribution >= 4 is 27.9 Å². The van der Waals surface area contributed by atoms with Crippen LogP contribution in [0.15, 0.2) is 41.4 Å². The predicted molar refractivity (Wildman–Crippen MR) is 83.9 cm³/mol. The second-order valence-corrected chi connectivity index (χ2v) is 6.06. The smallest absolute Gasteiger partial charge is 0.325 e. The second-order valence-electron chi connectivity index (χ2n) is 5.21. The van der Waals surface area contributed by atoms with Gasteiger partial charge in [0.1, 0.15) is 11.9 Å². The molecule has 2 aromatic rings. The fourth-order valence-electron chi connectivity index (χ4n) is 2.61. The Labute approximate surface area is 140 Å². The predicted octanol–water partition coefficient (Wildman–Crippen LogP) is 2.47. The number of imidazole rings is 1. The van der Waals surface area contributed by atoms with Gasteiger partial charge in [-0.15, -0.1) is 0 Å². The summed E-state index contributed by atoms with van der Waals surface area (Å²) in [5, 5.41) is 2.32. The van der Waals surface area contributed by atoms with Crippen LogP contribution in [0.1, 0.15) is 18.0 Å². The lowest BCUT2D eigenvalue weighted by Crippen LogP contribution is -2.31. The van der Waals surface area contributed by atoms with Crippen molar-refractivity contribution in [2.24, 2.45) is 0 Å². The molecule has 0 aliphatic carbocycles. The largest absolute Gasteiger partial charge is 0.337 e. The Morgan fingerprint density at radius 1 is 1.30 bits per heavy atom. The number of nitrogens with zero attached hydrogens (tertiary/aromatic N) is 3. The SMILES string of the molecule is O=C1NC(=O)N(CCCn2ccnc2)C1c1ccc(F)cc1Br. The minimum atomic E-state index is -0.750. The molecule has 1 aliphatic rings. The zero-order valence-electron chi connectivity index (χ0n) is 12.1. The van der Waals surface area contributed by atoms with Crippen molar-refractivity contribution in [2.75, 3.05) is 6.54 Å². The monoisotopic (exact) mass is 380 g/mol. The highest BCUT2D eigenvalue weighted by Gasteiger charge is 2.39. The average Bonchev–Trinajstić information content (AvgIpc) is 3.09. The van der Waals surface area contributed by atoms with Crippen molar-refractivity contribution in [3.05, 3.63) is 52.8 Å². The summed E-state index contributed by atoms with van der Waals surface area (Å²) in [7, 11) is 0. The number of nitrogens with one attached hydrogen (secondary N) is 1. The molecule has 1 aliphatic heterocycles. The van der Waals surface area contributed by atoms with Gasteiger partial charge in [0.15, 0.2) is 0 Å². The van der Waals surface area contributed by atoms with E-state index in [1.165, 1.54) is 23.1 Å². The molecule has 23 heavy (non-hydrogen) atoms. The van der Waals surface area contributed by atoms with Gasteiger partial charge in [-0.05, 0) is 24.1 Å². The molecule has 8 heteroatoms. The number of aryl methyl sites for hydroxylation is 1. The number of amides is 3. The molecule has 1 unspecified atom stereocenters. The van der Waals surface area contributed by atoms with Crippen LogP contribution >= 0.6 is 15.9 Å². The normalized spacial score (nSPS) is 17.7. The molecule has 0 saturated carbocycles. The van der Waals surface area contributed by atoms with Crippen LogP contribution in [-0.2, 0) is 11.3 Å². The molecule has 1 aromatic heterocycles. The van der Waals surface area contributed by atoms with Crippen LogP contribution in [0.25, 0.3) is 0 Å². The molecule has 1 fully saturated rings. The first-order valence-electron chi connectivity index (χ1n) is 7.08. The molecule has 1 N–H and O–H groups in total. The number of urea groups is 1. The highest BCUT2D eigenvalue weighted by Crippen LogP contribution is 2.31. The molecule has 2 heterocycles. The van der Waals surface area contributed by atoms with Gasteiger partial charge in [0.2, 0.25) is 0 Å². The highest BCUT2D eigenvalue weighted by molar-refractivity contribution is 9.10. The van der Waals surface area contributed by atoms with Crippen LogP contribution < -0.4 is 5.32 Å². The summed E-state index contributed by atoms with van der Waals surface area (Å²) in [5.41, 5.74) is 0.567. The van der Waals surface area contributed by atoms with Crippen molar-refractivity contribution < 1.29 is 14.0 Å². The van der Waals surface area contributed by atoms with Crippen molar-refractivity contribution in [1.29, 1.82) is 0 Å². The van der Waals surface area contributed by atoms with Gasteiger partial charge >= 0.3 is 6.03 Å². The van der Waals surface area contributed by atoms with Gasteiger partial charge in [-0.1, -0.05) is 22.0 Å². The van der Waals surface area contributed by atoms with E-state index in [0.717, 1.165) is 0 Å². The minimum absolute atomic E-state index is 0.398. The molecule has 120 valence electrons. The topological polar surface area (TPSA) is 67.2 Å². The number of carbonyl (C=O) groups excluding carboxylic acids is 2. The number of benzene rings is 1. The van der Waals surface area contributed by atoms with Crippen molar-refractivity contribution in [3.63, 3.8) is 0 Å². The number of hydrogen-bond donors (Lipinski definition) is 1. The molecule has 1 saturated heterocycles. The molecule has 6 nitrogen and oxygen atoms in total. The van der Waals surface area contributed by atoms with E-state index < -0.39 is 23.8 Å². The van der Waals surface area contributed by atoms with Gasteiger partial charge in [-0.25, -0.2) is 14.2 Å². The lowest BCUT2D eigenvalue weighted by molar-refractivity contribution is -0.121. The van der Waals surface area contributed by atoms with Crippen molar-refractivity contribution in [3.8, 4) is 0 Å². The van der Waals surface area contributed by atoms with E-state index in [4.69, 9.17) is 0 Å². The van der Waals surface area contributed by atoms with E-state index in [1.54, 1.807) is 12.5 Å². The number of carbonyl (C=O) groups is 2. The molecule has 3 rings (SSSR count). The fraction of sp³-hybridized carbons (Fsp3) is 0.267. The minimum Gasteiger partial charge on any atom is -0.337 e. The van der Waals surface area contributed by atoms with Gasteiger partial charge in [0.05, 0.1) is 6.33 Å². The lowest BCUT2D eigenvalue weighted by atomic mass is 10.1. The van der Waals surface area contributed by atoms with E-state index in [2.05, 4.69) is 26.2 Å². The van der Waals surface area contributed by atoms with Crippen LogP contribution in [-0.4, -0.2) is 32.9 Å². The molecule has 0 bridgehead atoms. The maximum Gasteiger partial charge on any atom is 0.325 e. The number of hydrogen-bond acceptors (Lipinski definition) is 3. The Bertz CT molecular complexity index is 735. The van der Waals surface area contributed by atoms with Gasteiger partial charge in [-0.2, -0.15) is 0 Å². The van der Waals surface area contributed by atoms with Crippen molar-refractivity contribution in [2.45, 2.75) is 19.0 Å². The molecule has 0 radical (unpaired) electrons. The molecular formula is C15H14BrFN4O2. The van der Waals surface area contributed by atoms with Gasteiger partial charge in [-0.3, -0.25) is 10.1 Å². The highest BCUT2D eigenvalue weighted by atomic mass is 79.9. The maximum atomic E-state index is 13.2. The average molecular weight is 381 g/mol. The second kappa shape index (κ2) is 6.49. The molecule has 0 spiro atoms. The van der Waals surface area contributed by atoms with Crippen LogP contribution in [0.2, 0.25) is 0 Å². The van der Waals surface area contributed by atoms with Crippen LogP contribution in [0.4, 0.5) is 9.18 Å². The number of halogens is 2. The summed E-state index contributed by atoms with van der Waals surface area (Å²) in [6, 6.07) is 2.90. The third kappa shape index (κ3) is 3.26. The van der Waals surface area contributed by atoms with Gasteiger partial charge in [0, 0.05) is 30.0 Å². The standard InChI is InChI=1S/C15H14BrFN4O2/c16-12-8-10(17)2-3-11(12)13-14(22)19-15(23)21(13)6-1-5-20-7-4-18-9-20/h2-4,7-9,13H,1,5-6H2,(H,19,22,23). The summed E-state index contributed by atoms with van der Waals surface area (Å²) >= 11 is 3.26. The Kier molecular flexibility index (Phi) is 4.42. The summed E-state index contributed by atoms with van der Waals surface area (Å²) in [6.45, 7) is 1.10. The molecule has 1 aromatic carbocycles. The zero-order chi connectivity index (χ0) is 16.4. The Morgan fingerprint density at radius 3 is 2.83 bits per heavy atom. The fourth-order valence-corrected chi connectivity index (χ4v) is 3.18. The van der Waals surface area contributed by atoms with E-state index in [0.29, 0.717) is 29.5 Å². The molecule has 1 atom stereocenters. The van der Waals surface area contributed by atoms with E-state index in [1.807, 2.05) is 10.8 Å². The first-order chi connectivity index (χ1) is 11.1. The van der Waals surface area contributed by atoms with E-state index >= 15 is 0 Å². The quantitative estimate of drug-likeness (QED) is 0.810. The third-order valence-electron chi connectivity index (χ3n) is 3.68. The van der Waals surface area contributed by atoms with E-state index in [9.17, 15) is 14.0 Å². The molecule has 3 amide bonds. The van der Waals surface area contributed by atoms with Crippen LogP contribution in [0, 0.1) is 5.82 Å². The summed E-state index contributed by atoms with van der Waals surface area (Å²) < 4.78 is 15.6. The van der Waals surface area contributed by atoms with Crippen molar-refractivity contribution in [1.82, 2.24) is 19.8 Å². The summed E-state index contributed by atoms with van der Waals surface area (Å²) in [6.07, 6.45) is 5.89. The number of aromatic nitrogens is 2. The number of rotatable bonds is 5.